The van der Waals surface area contributed by atoms with Gasteiger partial charge in [0.25, 0.3) is 0 Å². The lowest BCUT2D eigenvalue weighted by atomic mass is 10.1. The lowest BCUT2D eigenvalue weighted by molar-refractivity contribution is 0.00813. The van der Waals surface area contributed by atoms with E-state index in [1.807, 2.05) is 28.9 Å². The van der Waals surface area contributed by atoms with E-state index < -0.39 is 0 Å². The maximum atomic E-state index is 5.93. The smallest absolute Gasteiger partial charge is 0.161 e. The first kappa shape index (κ1) is 15.0. The number of hydrogen-bond donors (Lipinski definition) is 0. The first-order chi connectivity index (χ1) is 10.7. The molecule has 5 nitrogen and oxygen atoms in total. The molecule has 1 fully saturated rings. The molecule has 1 saturated heterocycles. The van der Waals surface area contributed by atoms with Crippen molar-refractivity contribution >= 4 is 0 Å². The number of para-hydroxylation sites is 2. The zero-order valence-electron chi connectivity index (χ0n) is 13.5. The molecule has 1 aromatic carbocycles. The molecule has 0 unspecified atom stereocenters. The van der Waals surface area contributed by atoms with Crippen LogP contribution in [0.4, 0.5) is 0 Å². The summed E-state index contributed by atoms with van der Waals surface area (Å²) in [7, 11) is 1.68. The van der Waals surface area contributed by atoms with Crippen molar-refractivity contribution in [1.29, 1.82) is 0 Å². The minimum Gasteiger partial charge on any atom is -0.494 e. The van der Waals surface area contributed by atoms with Gasteiger partial charge in [-0.1, -0.05) is 26.0 Å². The maximum absolute atomic E-state index is 5.93. The molecule has 0 spiro atoms. The minimum absolute atomic E-state index is 0.0127. The van der Waals surface area contributed by atoms with Crippen LogP contribution < -0.4 is 4.74 Å². The van der Waals surface area contributed by atoms with Crippen molar-refractivity contribution in [2.45, 2.75) is 45.1 Å². The van der Waals surface area contributed by atoms with Crippen molar-refractivity contribution < 1.29 is 9.47 Å². The fourth-order valence-corrected chi connectivity index (χ4v) is 2.72. The molecule has 0 N–H and O–H groups in total. The summed E-state index contributed by atoms with van der Waals surface area (Å²) in [4.78, 5) is 4.76. The van der Waals surface area contributed by atoms with Crippen LogP contribution in [0.25, 0.3) is 5.69 Å². The van der Waals surface area contributed by atoms with Crippen molar-refractivity contribution in [1.82, 2.24) is 14.8 Å². The molecule has 1 aliphatic heterocycles. The predicted octanol–water partition coefficient (Wildman–Crippen LogP) is 3.64. The standard InChI is InChI=1S/C17H23N3O2/c1-12(2)16-18-17(15-10-6-7-11-22-15)20(19-16)13-8-4-5-9-14(13)21-3/h4-5,8-9,12,15H,6-7,10-11H2,1-3H3/t15-/m0/s1. The Kier molecular flexibility index (Phi) is 4.43. The molecule has 1 aromatic heterocycles. The molecule has 1 atom stereocenters. The highest BCUT2D eigenvalue weighted by atomic mass is 16.5. The highest BCUT2D eigenvalue weighted by molar-refractivity contribution is 5.46. The molecule has 2 heterocycles. The van der Waals surface area contributed by atoms with Gasteiger partial charge in [-0.15, -0.1) is 0 Å². The minimum atomic E-state index is 0.0127. The molecule has 118 valence electrons. The molecule has 22 heavy (non-hydrogen) atoms. The summed E-state index contributed by atoms with van der Waals surface area (Å²) < 4.78 is 13.3. The molecule has 0 amide bonds. The topological polar surface area (TPSA) is 49.2 Å². The summed E-state index contributed by atoms with van der Waals surface area (Å²) in [6.45, 7) is 5.00. The van der Waals surface area contributed by atoms with Crippen LogP contribution in [0.5, 0.6) is 5.75 Å². The van der Waals surface area contributed by atoms with Crippen LogP contribution in [0, 0.1) is 0 Å². The summed E-state index contributed by atoms with van der Waals surface area (Å²) in [6, 6.07) is 7.89. The van der Waals surface area contributed by atoms with Crippen molar-refractivity contribution in [2.75, 3.05) is 13.7 Å². The second kappa shape index (κ2) is 6.48. The fraction of sp³-hybridized carbons (Fsp3) is 0.529. The summed E-state index contributed by atoms with van der Waals surface area (Å²) in [5.41, 5.74) is 0.911. The van der Waals surface area contributed by atoms with Gasteiger partial charge in [-0.25, -0.2) is 9.67 Å². The van der Waals surface area contributed by atoms with Gasteiger partial charge in [-0.05, 0) is 31.4 Å². The second-order valence-electron chi connectivity index (χ2n) is 5.92. The van der Waals surface area contributed by atoms with Gasteiger partial charge in [0.15, 0.2) is 11.6 Å². The SMILES string of the molecule is COc1ccccc1-n1nc(C(C)C)nc1[C@@H]1CCCCO1. The molecule has 0 aliphatic carbocycles. The van der Waals surface area contributed by atoms with Gasteiger partial charge in [0.1, 0.15) is 17.5 Å². The largest absolute Gasteiger partial charge is 0.494 e. The van der Waals surface area contributed by atoms with Gasteiger partial charge < -0.3 is 9.47 Å². The predicted molar refractivity (Wildman–Crippen MR) is 84.5 cm³/mol. The van der Waals surface area contributed by atoms with Gasteiger partial charge in [0, 0.05) is 12.5 Å². The number of nitrogens with zero attached hydrogens (tertiary/aromatic N) is 3. The first-order valence-electron chi connectivity index (χ1n) is 7.92. The van der Waals surface area contributed by atoms with E-state index in [1.165, 1.54) is 6.42 Å². The number of hydrogen-bond acceptors (Lipinski definition) is 4. The fourth-order valence-electron chi connectivity index (χ4n) is 2.72. The molecule has 0 saturated carbocycles. The summed E-state index contributed by atoms with van der Waals surface area (Å²) in [5, 5.41) is 4.71. The van der Waals surface area contributed by atoms with E-state index in [9.17, 15) is 0 Å². The Morgan fingerprint density at radius 1 is 1.27 bits per heavy atom. The average Bonchev–Trinajstić information content (AvgIpc) is 3.01. The zero-order chi connectivity index (χ0) is 15.5. The molecular weight excluding hydrogens is 278 g/mol. The van der Waals surface area contributed by atoms with Crippen LogP contribution >= 0.6 is 0 Å². The van der Waals surface area contributed by atoms with Gasteiger partial charge in [0.05, 0.1) is 7.11 Å². The van der Waals surface area contributed by atoms with Crippen LogP contribution in [-0.4, -0.2) is 28.5 Å². The van der Waals surface area contributed by atoms with Gasteiger partial charge in [0.2, 0.25) is 0 Å². The van der Waals surface area contributed by atoms with Crippen LogP contribution in [0.3, 0.4) is 0 Å². The third kappa shape index (κ3) is 2.86. The molecule has 5 heteroatoms. The summed E-state index contributed by atoms with van der Waals surface area (Å²) in [5.74, 6) is 2.79. The van der Waals surface area contributed by atoms with Gasteiger partial charge in [-0.3, -0.25) is 0 Å². The quantitative estimate of drug-likeness (QED) is 0.865. The van der Waals surface area contributed by atoms with Crippen molar-refractivity contribution in [3.63, 3.8) is 0 Å². The van der Waals surface area contributed by atoms with E-state index in [2.05, 4.69) is 13.8 Å². The zero-order valence-corrected chi connectivity index (χ0v) is 13.5. The second-order valence-corrected chi connectivity index (χ2v) is 5.92. The third-order valence-electron chi connectivity index (χ3n) is 3.95. The van der Waals surface area contributed by atoms with E-state index in [4.69, 9.17) is 19.6 Å². The number of methoxy groups -OCH3 is 1. The Labute approximate surface area is 131 Å². The molecule has 3 rings (SSSR count). The van der Waals surface area contributed by atoms with Crippen molar-refractivity contribution in [3.8, 4) is 11.4 Å². The average molecular weight is 301 g/mol. The lowest BCUT2D eigenvalue weighted by Gasteiger charge is -2.22. The lowest BCUT2D eigenvalue weighted by Crippen LogP contribution is -2.16. The highest BCUT2D eigenvalue weighted by Crippen LogP contribution is 2.31. The van der Waals surface area contributed by atoms with E-state index in [0.29, 0.717) is 0 Å². The van der Waals surface area contributed by atoms with Crippen LogP contribution in [-0.2, 0) is 4.74 Å². The number of benzene rings is 1. The number of aromatic nitrogens is 3. The Hall–Kier alpha value is -1.88. The summed E-state index contributed by atoms with van der Waals surface area (Å²) >= 11 is 0. The molecule has 2 aromatic rings. The molecule has 1 aliphatic rings. The molecular formula is C17H23N3O2. The maximum Gasteiger partial charge on any atom is 0.161 e. The van der Waals surface area contributed by atoms with Crippen LogP contribution in [0.1, 0.15) is 56.8 Å². The summed E-state index contributed by atoms with van der Waals surface area (Å²) in [6.07, 6.45) is 3.29. The van der Waals surface area contributed by atoms with Crippen molar-refractivity contribution in [2.24, 2.45) is 0 Å². The normalized spacial score (nSPS) is 18.6. The Morgan fingerprint density at radius 3 is 2.77 bits per heavy atom. The van der Waals surface area contributed by atoms with Crippen molar-refractivity contribution in [3.05, 3.63) is 35.9 Å². The highest BCUT2D eigenvalue weighted by Gasteiger charge is 2.25. The molecule has 0 radical (unpaired) electrons. The first-order valence-corrected chi connectivity index (χ1v) is 7.92. The Morgan fingerprint density at radius 2 is 2.09 bits per heavy atom. The number of ether oxygens (including phenoxy) is 2. The molecule has 0 bridgehead atoms. The Balaban J connectivity index is 2.08. The monoisotopic (exact) mass is 301 g/mol. The van der Waals surface area contributed by atoms with Crippen LogP contribution in [0.2, 0.25) is 0 Å². The van der Waals surface area contributed by atoms with E-state index in [-0.39, 0.29) is 12.0 Å². The van der Waals surface area contributed by atoms with E-state index in [1.54, 1.807) is 7.11 Å². The Bertz CT molecular complexity index is 631. The van der Waals surface area contributed by atoms with E-state index >= 15 is 0 Å². The van der Waals surface area contributed by atoms with Crippen LogP contribution in [0.15, 0.2) is 24.3 Å². The van der Waals surface area contributed by atoms with E-state index in [0.717, 1.165) is 42.5 Å². The third-order valence-corrected chi connectivity index (χ3v) is 3.95. The van der Waals surface area contributed by atoms with Gasteiger partial charge in [-0.2, -0.15) is 5.10 Å². The number of rotatable bonds is 4. The van der Waals surface area contributed by atoms with Gasteiger partial charge >= 0.3 is 0 Å².